The highest BCUT2D eigenvalue weighted by Crippen LogP contribution is 2.18. The number of hydrogen-bond donors (Lipinski definition) is 2. The molecule has 0 aliphatic carbocycles. The average Bonchev–Trinajstić information content (AvgIpc) is 2.40. The predicted molar refractivity (Wildman–Crippen MR) is 70.2 cm³/mol. The van der Waals surface area contributed by atoms with Crippen LogP contribution in [-0.4, -0.2) is 33.4 Å². The van der Waals surface area contributed by atoms with Gasteiger partial charge in [0.15, 0.2) is 0 Å². The first kappa shape index (κ1) is 14.6. The topological polar surface area (TPSA) is 49.3 Å². The van der Waals surface area contributed by atoms with E-state index < -0.39 is 28.5 Å². The van der Waals surface area contributed by atoms with Crippen molar-refractivity contribution in [2.75, 3.05) is 18.1 Å². The summed E-state index contributed by atoms with van der Waals surface area (Å²) >= 11 is 0. The van der Waals surface area contributed by atoms with Crippen LogP contribution in [0.1, 0.15) is 24.5 Å². The molecule has 2 rings (SSSR count). The van der Waals surface area contributed by atoms with E-state index in [0.29, 0.717) is 11.5 Å². The fraction of sp³-hybridized carbons (Fsp3) is 0.538. The molecule has 1 saturated heterocycles. The molecule has 0 saturated carbocycles. The molecule has 2 N–H and O–H groups in total. The SMILES string of the molecule is O=S1CCC(NCC(O)c2cc(F)ccc2F)CC1. The van der Waals surface area contributed by atoms with Gasteiger partial charge in [-0.2, -0.15) is 0 Å². The molecular formula is C13H17F2NO2S. The molecule has 3 nitrogen and oxygen atoms in total. The van der Waals surface area contributed by atoms with E-state index in [4.69, 9.17) is 0 Å². The van der Waals surface area contributed by atoms with Crippen LogP contribution in [0.5, 0.6) is 0 Å². The van der Waals surface area contributed by atoms with E-state index >= 15 is 0 Å². The fourth-order valence-electron chi connectivity index (χ4n) is 2.16. The summed E-state index contributed by atoms with van der Waals surface area (Å²) < 4.78 is 37.6. The minimum absolute atomic E-state index is 0.0353. The largest absolute Gasteiger partial charge is 0.387 e. The van der Waals surface area contributed by atoms with E-state index in [1.807, 2.05) is 0 Å². The Kier molecular flexibility index (Phi) is 5.01. The third-order valence-electron chi connectivity index (χ3n) is 3.30. The number of benzene rings is 1. The Balaban J connectivity index is 1.88. The lowest BCUT2D eigenvalue weighted by atomic mass is 10.1. The predicted octanol–water partition coefficient (Wildman–Crippen LogP) is 1.50. The molecule has 0 amide bonds. The van der Waals surface area contributed by atoms with E-state index in [1.165, 1.54) is 0 Å². The molecule has 1 aromatic carbocycles. The summed E-state index contributed by atoms with van der Waals surface area (Å²) in [5.74, 6) is 0.133. The summed E-state index contributed by atoms with van der Waals surface area (Å²) in [5, 5.41) is 13.0. The number of aliphatic hydroxyl groups excluding tert-OH is 1. The van der Waals surface area contributed by atoms with Crippen LogP contribution in [0.25, 0.3) is 0 Å². The lowest BCUT2D eigenvalue weighted by Gasteiger charge is -2.24. The molecule has 0 radical (unpaired) electrons. The van der Waals surface area contributed by atoms with Crippen molar-refractivity contribution in [2.45, 2.75) is 25.0 Å². The zero-order valence-electron chi connectivity index (χ0n) is 10.4. The van der Waals surface area contributed by atoms with E-state index in [9.17, 15) is 18.1 Å². The van der Waals surface area contributed by atoms with Gasteiger partial charge in [-0.05, 0) is 31.0 Å². The first-order valence-electron chi connectivity index (χ1n) is 6.27. The van der Waals surface area contributed by atoms with Gasteiger partial charge in [0.05, 0.1) is 6.10 Å². The van der Waals surface area contributed by atoms with Crippen molar-refractivity contribution in [3.05, 3.63) is 35.4 Å². The van der Waals surface area contributed by atoms with E-state index in [0.717, 1.165) is 31.0 Å². The Hall–Kier alpha value is -0.850. The Morgan fingerprint density at radius 3 is 2.74 bits per heavy atom. The van der Waals surface area contributed by atoms with Crippen molar-refractivity contribution in [3.63, 3.8) is 0 Å². The maximum atomic E-state index is 13.4. The van der Waals surface area contributed by atoms with Crippen molar-refractivity contribution in [3.8, 4) is 0 Å². The summed E-state index contributed by atoms with van der Waals surface area (Å²) in [6, 6.07) is 3.23. The average molecular weight is 289 g/mol. The van der Waals surface area contributed by atoms with Gasteiger partial charge in [-0.15, -0.1) is 0 Å². The van der Waals surface area contributed by atoms with Crippen molar-refractivity contribution >= 4 is 10.8 Å². The van der Waals surface area contributed by atoms with Crippen molar-refractivity contribution in [1.29, 1.82) is 0 Å². The highest BCUT2D eigenvalue weighted by molar-refractivity contribution is 7.85. The third-order valence-corrected chi connectivity index (χ3v) is 4.69. The Morgan fingerprint density at radius 2 is 2.05 bits per heavy atom. The van der Waals surface area contributed by atoms with Crippen LogP contribution >= 0.6 is 0 Å². The number of nitrogens with one attached hydrogen (secondary N) is 1. The van der Waals surface area contributed by atoms with Crippen LogP contribution in [-0.2, 0) is 10.8 Å². The van der Waals surface area contributed by atoms with Crippen LogP contribution in [0, 0.1) is 11.6 Å². The Bertz CT molecular complexity index is 460. The number of aliphatic hydroxyl groups is 1. The van der Waals surface area contributed by atoms with Gasteiger partial charge in [-0.3, -0.25) is 4.21 Å². The lowest BCUT2D eigenvalue weighted by Crippen LogP contribution is -2.38. The second kappa shape index (κ2) is 6.54. The first-order chi connectivity index (χ1) is 9.06. The maximum Gasteiger partial charge on any atom is 0.129 e. The number of rotatable bonds is 4. The molecule has 0 aromatic heterocycles. The van der Waals surface area contributed by atoms with Gasteiger partial charge in [-0.1, -0.05) is 0 Å². The molecule has 1 fully saturated rings. The third kappa shape index (κ3) is 4.06. The quantitative estimate of drug-likeness (QED) is 0.883. The molecule has 19 heavy (non-hydrogen) atoms. The lowest BCUT2D eigenvalue weighted by molar-refractivity contribution is 0.164. The highest BCUT2D eigenvalue weighted by Gasteiger charge is 2.20. The first-order valence-corrected chi connectivity index (χ1v) is 7.76. The molecular weight excluding hydrogens is 272 g/mol. The van der Waals surface area contributed by atoms with E-state index in [-0.39, 0.29) is 18.2 Å². The van der Waals surface area contributed by atoms with Crippen LogP contribution < -0.4 is 5.32 Å². The zero-order chi connectivity index (χ0) is 13.8. The minimum atomic E-state index is -1.08. The molecule has 1 heterocycles. The molecule has 0 bridgehead atoms. The summed E-state index contributed by atoms with van der Waals surface area (Å²) in [4.78, 5) is 0. The Morgan fingerprint density at radius 1 is 1.37 bits per heavy atom. The fourth-order valence-corrected chi connectivity index (χ4v) is 3.46. The molecule has 1 atom stereocenters. The van der Waals surface area contributed by atoms with Crippen LogP contribution in [0.3, 0.4) is 0 Å². The van der Waals surface area contributed by atoms with Gasteiger partial charge in [0.2, 0.25) is 0 Å². The minimum Gasteiger partial charge on any atom is -0.387 e. The highest BCUT2D eigenvalue weighted by atomic mass is 32.2. The molecule has 1 aliphatic rings. The van der Waals surface area contributed by atoms with Gasteiger partial charge in [0.1, 0.15) is 11.6 Å². The summed E-state index contributed by atoms with van der Waals surface area (Å²) in [6.07, 6.45) is 0.485. The molecule has 106 valence electrons. The van der Waals surface area contributed by atoms with Crippen molar-refractivity contribution < 1.29 is 18.1 Å². The zero-order valence-corrected chi connectivity index (χ0v) is 11.3. The second-order valence-electron chi connectivity index (χ2n) is 4.71. The summed E-state index contributed by atoms with van der Waals surface area (Å²) in [7, 11) is -0.730. The maximum absolute atomic E-state index is 13.4. The van der Waals surface area contributed by atoms with E-state index in [2.05, 4.69) is 5.32 Å². The smallest absolute Gasteiger partial charge is 0.129 e. The van der Waals surface area contributed by atoms with Gasteiger partial charge in [0, 0.05) is 40.5 Å². The van der Waals surface area contributed by atoms with Gasteiger partial charge in [-0.25, -0.2) is 8.78 Å². The molecule has 1 aliphatic heterocycles. The summed E-state index contributed by atoms with van der Waals surface area (Å²) in [6.45, 7) is 0.164. The van der Waals surface area contributed by atoms with Crippen LogP contribution in [0.2, 0.25) is 0 Å². The standard InChI is InChI=1S/C13H17F2NO2S/c14-9-1-2-12(15)11(7-9)13(17)8-16-10-3-5-19(18)6-4-10/h1-2,7,10,13,16-17H,3-6,8H2. The molecule has 1 aromatic rings. The Labute approximate surface area is 113 Å². The number of halogens is 2. The monoisotopic (exact) mass is 289 g/mol. The van der Waals surface area contributed by atoms with E-state index in [1.54, 1.807) is 0 Å². The van der Waals surface area contributed by atoms with Gasteiger partial charge in [0.25, 0.3) is 0 Å². The van der Waals surface area contributed by atoms with Crippen molar-refractivity contribution in [2.24, 2.45) is 0 Å². The van der Waals surface area contributed by atoms with Crippen molar-refractivity contribution in [1.82, 2.24) is 5.32 Å². The van der Waals surface area contributed by atoms with Gasteiger partial charge < -0.3 is 10.4 Å². The number of hydrogen-bond acceptors (Lipinski definition) is 3. The molecule has 0 spiro atoms. The normalized spacial score (nSPS) is 25.2. The van der Waals surface area contributed by atoms with Crippen LogP contribution in [0.15, 0.2) is 18.2 Å². The van der Waals surface area contributed by atoms with Gasteiger partial charge >= 0.3 is 0 Å². The molecule has 6 heteroatoms. The van der Waals surface area contributed by atoms with Crippen LogP contribution in [0.4, 0.5) is 8.78 Å². The summed E-state index contributed by atoms with van der Waals surface area (Å²) in [5.41, 5.74) is -0.0353. The second-order valence-corrected chi connectivity index (χ2v) is 6.41. The molecule has 1 unspecified atom stereocenters.